The molecule has 1 atom stereocenters. The van der Waals surface area contributed by atoms with E-state index < -0.39 is 0 Å². The molecule has 0 radical (unpaired) electrons. The first-order valence-electron chi connectivity index (χ1n) is 4.86. The van der Waals surface area contributed by atoms with E-state index in [1.807, 2.05) is 18.5 Å². The molecule has 0 spiro atoms. The van der Waals surface area contributed by atoms with Crippen molar-refractivity contribution in [2.45, 2.75) is 12.6 Å². The molecule has 3 nitrogen and oxygen atoms in total. The predicted molar refractivity (Wildman–Crippen MR) is 72.3 cm³/mol. The van der Waals surface area contributed by atoms with Crippen LogP contribution in [0.4, 0.5) is 0 Å². The number of carbonyl (C=O) groups excluding carboxylic acids is 1. The standard InChI is InChI=1S/C10H14N2OS2.ClH/c1-12(5-8-3-2-4-15-8)10(13)9-6-14-7-11-9;/h2-4,9,11H,5-7H2,1H3;1H. The molecule has 1 amide bonds. The van der Waals surface area contributed by atoms with Crippen LogP contribution >= 0.6 is 35.5 Å². The van der Waals surface area contributed by atoms with Gasteiger partial charge in [0.05, 0.1) is 12.6 Å². The highest BCUT2D eigenvalue weighted by molar-refractivity contribution is 7.99. The quantitative estimate of drug-likeness (QED) is 0.915. The molecule has 1 N–H and O–H groups in total. The van der Waals surface area contributed by atoms with Crippen LogP contribution < -0.4 is 5.32 Å². The van der Waals surface area contributed by atoms with Crippen molar-refractivity contribution in [1.82, 2.24) is 10.2 Å². The maximum atomic E-state index is 11.9. The van der Waals surface area contributed by atoms with Crippen LogP contribution in [0.1, 0.15) is 4.88 Å². The summed E-state index contributed by atoms with van der Waals surface area (Å²) in [5.74, 6) is 1.99. The van der Waals surface area contributed by atoms with E-state index in [0.29, 0.717) is 0 Å². The highest BCUT2D eigenvalue weighted by atomic mass is 35.5. The number of nitrogens with zero attached hydrogens (tertiary/aromatic N) is 1. The monoisotopic (exact) mass is 278 g/mol. The minimum atomic E-state index is 0. The van der Waals surface area contributed by atoms with Gasteiger partial charge >= 0.3 is 0 Å². The van der Waals surface area contributed by atoms with E-state index in [1.165, 1.54) is 4.88 Å². The lowest BCUT2D eigenvalue weighted by Gasteiger charge is -2.19. The van der Waals surface area contributed by atoms with Crippen LogP contribution in [0.2, 0.25) is 0 Å². The van der Waals surface area contributed by atoms with Gasteiger partial charge in [-0.1, -0.05) is 6.07 Å². The van der Waals surface area contributed by atoms with Gasteiger partial charge in [-0.2, -0.15) is 0 Å². The second-order valence-electron chi connectivity index (χ2n) is 3.55. The first-order valence-corrected chi connectivity index (χ1v) is 6.89. The molecule has 0 aliphatic carbocycles. The van der Waals surface area contributed by atoms with Gasteiger partial charge in [0.2, 0.25) is 5.91 Å². The summed E-state index contributed by atoms with van der Waals surface area (Å²) >= 11 is 3.47. The summed E-state index contributed by atoms with van der Waals surface area (Å²) < 4.78 is 0. The molecule has 1 aromatic rings. The van der Waals surface area contributed by atoms with Gasteiger partial charge in [0, 0.05) is 23.6 Å². The maximum Gasteiger partial charge on any atom is 0.240 e. The Bertz CT molecular complexity index is 326. The molecule has 1 saturated heterocycles. The van der Waals surface area contributed by atoms with Crippen LogP contribution in [0.15, 0.2) is 17.5 Å². The SMILES string of the molecule is CN(Cc1cccs1)C(=O)C1CSCN1.Cl. The average Bonchev–Trinajstić information content (AvgIpc) is 2.88. The number of thioether (sulfide) groups is 1. The van der Waals surface area contributed by atoms with Crippen molar-refractivity contribution in [3.63, 3.8) is 0 Å². The summed E-state index contributed by atoms with van der Waals surface area (Å²) in [5.41, 5.74) is 0. The molecule has 2 heterocycles. The van der Waals surface area contributed by atoms with Crippen molar-refractivity contribution >= 4 is 41.4 Å². The Labute approximate surface area is 110 Å². The number of amides is 1. The average molecular weight is 279 g/mol. The van der Waals surface area contributed by atoms with Crippen LogP contribution in [0.5, 0.6) is 0 Å². The van der Waals surface area contributed by atoms with Gasteiger partial charge in [-0.25, -0.2) is 0 Å². The number of halogens is 1. The smallest absolute Gasteiger partial charge is 0.240 e. The topological polar surface area (TPSA) is 32.3 Å². The second kappa shape index (κ2) is 6.49. The fourth-order valence-corrected chi connectivity index (χ4v) is 3.22. The lowest BCUT2D eigenvalue weighted by molar-refractivity contribution is -0.131. The van der Waals surface area contributed by atoms with Crippen molar-refractivity contribution in [1.29, 1.82) is 0 Å². The van der Waals surface area contributed by atoms with E-state index in [1.54, 1.807) is 28.0 Å². The Morgan fingerprint density at radius 1 is 1.69 bits per heavy atom. The van der Waals surface area contributed by atoms with Crippen molar-refractivity contribution in [2.24, 2.45) is 0 Å². The Balaban J connectivity index is 0.00000128. The predicted octanol–water partition coefficient (Wildman–Crippen LogP) is 1.79. The van der Waals surface area contributed by atoms with E-state index >= 15 is 0 Å². The highest BCUT2D eigenvalue weighted by Gasteiger charge is 2.25. The number of thiophene rings is 1. The first-order chi connectivity index (χ1) is 7.27. The molecule has 6 heteroatoms. The number of rotatable bonds is 3. The van der Waals surface area contributed by atoms with Gasteiger partial charge in [0.15, 0.2) is 0 Å². The molecular weight excluding hydrogens is 264 g/mol. The Morgan fingerprint density at radius 3 is 3.06 bits per heavy atom. The summed E-state index contributed by atoms with van der Waals surface area (Å²) in [4.78, 5) is 15.0. The van der Waals surface area contributed by atoms with Crippen molar-refractivity contribution in [3.8, 4) is 0 Å². The lowest BCUT2D eigenvalue weighted by Crippen LogP contribution is -2.42. The van der Waals surface area contributed by atoms with Crippen molar-refractivity contribution in [2.75, 3.05) is 18.7 Å². The third-order valence-corrected chi connectivity index (χ3v) is 4.16. The Morgan fingerprint density at radius 2 is 2.50 bits per heavy atom. The van der Waals surface area contributed by atoms with Crippen molar-refractivity contribution in [3.05, 3.63) is 22.4 Å². The van der Waals surface area contributed by atoms with E-state index in [4.69, 9.17) is 0 Å². The minimum Gasteiger partial charge on any atom is -0.339 e. The van der Waals surface area contributed by atoms with Gasteiger partial charge < -0.3 is 4.90 Å². The number of carbonyl (C=O) groups is 1. The molecule has 0 saturated carbocycles. The van der Waals surface area contributed by atoms with Gasteiger partial charge in [-0.15, -0.1) is 35.5 Å². The highest BCUT2D eigenvalue weighted by Crippen LogP contribution is 2.15. The Kier molecular flexibility index (Phi) is 5.61. The molecule has 90 valence electrons. The fourth-order valence-electron chi connectivity index (χ4n) is 1.53. The summed E-state index contributed by atoms with van der Waals surface area (Å²) in [6.07, 6.45) is 0. The molecule has 1 unspecified atom stereocenters. The van der Waals surface area contributed by atoms with E-state index in [-0.39, 0.29) is 24.4 Å². The number of hydrogen-bond acceptors (Lipinski definition) is 4. The number of likely N-dealkylation sites (N-methyl/N-ethyl adjacent to an activating group) is 1. The third kappa shape index (κ3) is 3.38. The minimum absolute atomic E-state index is 0. The molecule has 16 heavy (non-hydrogen) atoms. The first kappa shape index (κ1) is 13.8. The number of hydrogen-bond donors (Lipinski definition) is 1. The molecule has 0 aromatic carbocycles. The normalized spacial score (nSPS) is 19.2. The zero-order chi connectivity index (χ0) is 10.7. The summed E-state index contributed by atoms with van der Waals surface area (Å²) in [7, 11) is 1.87. The molecule has 2 rings (SSSR count). The van der Waals surface area contributed by atoms with Crippen LogP contribution in [-0.4, -0.2) is 35.5 Å². The molecule has 0 bridgehead atoms. The fraction of sp³-hybridized carbons (Fsp3) is 0.500. The van der Waals surface area contributed by atoms with Crippen LogP contribution in [0.25, 0.3) is 0 Å². The molecule has 1 aliphatic rings. The van der Waals surface area contributed by atoms with E-state index in [9.17, 15) is 4.79 Å². The zero-order valence-electron chi connectivity index (χ0n) is 9.01. The largest absolute Gasteiger partial charge is 0.339 e. The van der Waals surface area contributed by atoms with Gasteiger partial charge in [-0.3, -0.25) is 10.1 Å². The molecule has 1 aliphatic heterocycles. The van der Waals surface area contributed by atoms with Crippen molar-refractivity contribution < 1.29 is 4.79 Å². The lowest BCUT2D eigenvalue weighted by atomic mass is 10.3. The molecule has 1 aromatic heterocycles. The van der Waals surface area contributed by atoms with Crippen LogP contribution in [0, 0.1) is 0 Å². The number of nitrogens with one attached hydrogen (secondary N) is 1. The third-order valence-electron chi connectivity index (χ3n) is 2.36. The summed E-state index contributed by atoms with van der Waals surface area (Å²) in [6, 6.07) is 4.09. The second-order valence-corrected chi connectivity index (χ2v) is 5.61. The summed E-state index contributed by atoms with van der Waals surface area (Å²) in [5, 5.41) is 5.23. The van der Waals surface area contributed by atoms with Crippen LogP contribution in [-0.2, 0) is 11.3 Å². The Hall–Kier alpha value is -0.230. The van der Waals surface area contributed by atoms with Crippen LogP contribution in [0.3, 0.4) is 0 Å². The van der Waals surface area contributed by atoms with Gasteiger partial charge in [0.1, 0.15) is 0 Å². The molecule has 1 fully saturated rings. The molecular formula is C10H15ClN2OS2. The zero-order valence-corrected chi connectivity index (χ0v) is 11.5. The maximum absolute atomic E-state index is 11.9. The summed E-state index contributed by atoms with van der Waals surface area (Å²) in [6.45, 7) is 0.722. The van der Waals surface area contributed by atoms with Gasteiger partial charge in [0.25, 0.3) is 0 Å². The van der Waals surface area contributed by atoms with E-state index in [0.717, 1.165) is 18.2 Å². The van der Waals surface area contributed by atoms with E-state index in [2.05, 4.69) is 11.4 Å². The van der Waals surface area contributed by atoms with Gasteiger partial charge in [-0.05, 0) is 11.4 Å².